The molecule has 20 heavy (non-hydrogen) atoms. The molecule has 0 radical (unpaired) electrons. The largest absolute Gasteiger partial charge is 0.481 e. The SMILES string of the molecule is NC(CC(=O)O)c1ccc(NS(=O)(=O)O)c(C2CO2)c1. The number of nitrogens with one attached hydrogen (secondary N) is 1. The summed E-state index contributed by atoms with van der Waals surface area (Å²) in [5.74, 6) is -1.03. The minimum absolute atomic E-state index is 0.182. The van der Waals surface area contributed by atoms with Crippen LogP contribution in [0.2, 0.25) is 0 Å². The van der Waals surface area contributed by atoms with E-state index in [0.29, 0.717) is 17.7 Å². The third kappa shape index (κ3) is 3.90. The molecule has 1 fully saturated rings. The molecule has 0 amide bonds. The van der Waals surface area contributed by atoms with Crippen molar-refractivity contribution in [1.82, 2.24) is 0 Å². The number of carboxylic acids is 1. The van der Waals surface area contributed by atoms with Gasteiger partial charge in [-0.3, -0.25) is 14.1 Å². The van der Waals surface area contributed by atoms with Crippen LogP contribution in [0.4, 0.5) is 5.69 Å². The first-order valence-electron chi connectivity index (χ1n) is 5.74. The van der Waals surface area contributed by atoms with Gasteiger partial charge in [0.15, 0.2) is 0 Å². The number of benzene rings is 1. The van der Waals surface area contributed by atoms with Crippen molar-refractivity contribution in [1.29, 1.82) is 0 Å². The van der Waals surface area contributed by atoms with Gasteiger partial charge in [-0.25, -0.2) is 0 Å². The summed E-state index contributed by atoms with van der Waals surface area (Å²) in [5, 5.41) is 8.71. The number of hydrogen-bond donors (Lipinski definition) is 4. The normalized spacial score (nSPS) is 19.4. The topological polar surface area (TPSA) is 142 Å². The summed E-state index contributed by atoms with van der Waals surface area (Å²) in [6.45, 7) is 0.428. The van der Waals surface area contributed by atoms with E-state index in [-0.39, 0.29) is 18.2 Å². The first kappa shape index (κ1) is 14.7. The lowest BCUT2D eigenvalue weighted by Gasteiger charge is -2.14. The van der Waals surface area contributed by atoms with Crippen LogP contribution in [-0.4, -0.2) is 30.7 Å². The van der Waals surface area contributed by atoms with Gasteiger partial charge in [0.25, 0.3) is 0 Å². The van der Waals surface area contributed by atoms with Gasteiger partial charge >= 0.3 is 16.3 Å². The van der Waals surface area contributed by atoms with E-state index < -0.39 is 22.3 Å². The van der Waals surface area contributed by atoms with Crippen molar-refractivity contribution in [2.24, 2.45) is 5.73 Å². The van der Waals surface area contributed by atoms with Crippen molar-refractivity contribution in [2.75, 3.05) is 11.3 Å². The van der Waals surface area contributed by atoms with Gasteiger partial charge in [0.1, 0.15) is 6.10 Å². The van der Waals surface area contributed by atoms with Crippen LogP contribution < -0.4 is 10.5 Å². The number of anilines is 1. The van der Waals surface area contributed by atoms with Gasteiger partial charge in [-0.1, -0.05) is 6.07 Å². The third-order valence-corrected chi connectivity index (χ3v) is 3.30. The summed E-state index contributed by atoms with van der Waals surface area (Å²) in [5.41, 5.74) is 7.00. The van der Waals surface area contributed by atoms with Crippen molar-refractivity contribution in [2.45, 2.75) is 18.6 Å². The monoisotopic (exact) mass is 302 g/mol. The van der Waals surface area contributed by atoms with Crippen molar-refractivity contribution in [3.05, 3.63) is 29.3 Å². The summed E-state index contributed by atoms with van der Waals surface area (Å²) in [4.78, 5) is 10.6. The van der Waals surface area contributed by atoms with Crippen LogP contribution >= 0.6 is 0 Å². The Kier molecular flexibility index (Phi) is 3.95. The standard InChI is InChI=1S/C11H14N2O6S/c12-8(4-11(14)15)6-1-2-9(13-20(16,17)18)7(3-6)10-5-19-10/h1-3,8,10,13H,4-5,12H2,(H,14,15)(H,16,17,18). The van der Waals surface area contributed by atoms with Crippen LogP contribution in [0.1, 0.15) is 29.7 Å². The number of nitrogens with two attached hydrogens (primary N) is 1. The number of aliphatic carboxylic acids is 1. The smallest absolute Gasteiger partial charge is 0.357 e. The number of epoxide rings is 1. The highest BCUT2D eigenvalue weighted by molar-refractivity contribution is 7.87. The molecule has 1 aromatic rings. The van der Waals surface area contributed by atoms with Crippen molar-refractivity contribution >= 4 is 22.0 Å². The Balaban J connectivity index is 2.30. The molecule has 8 nitrogen and oxygen atoms in total. The Labute approximate surface area is 115 Å². The minimum atomic E-state index is -4.39. The fourth-order valence-corrected chi connectivity index (χ4v) is 2.31. The zero-order valence-corrected chi connectivity index (χ0v) is 11.1. The zero-order chi connectivity index (χ0) is 14.9. The van der Waals surface area contributed by atoms with Gasteiger partial charge in [-0.05, 0) is 17.7 Å². The molecule has 1 aromatic carbocycles. The van der Waals surface area contributed by atoms with E-state index in [1.54, 1.807) is 6.07 Å². The lowest BCUT2D eigenvalue weighted by atomic mass is 9.99. The van der Waals surface area contributed by atoms with Crippen molar-refractivity contribution in [3.63, 3.8) is 0 Å². The molecule has 0 saturated carbocycles. The molecular weight excluding hydrogens is 288 g/mol. The first-order chi connectivity index (χ1) is 9.26. The number of rotatable bonds is 6. The average Bonchev–Trinajstić information content (AvgIpc) is 3.10. The molecule has 0 aromatic heterocycles. The fraction of sp³-hybridized carbons (Fsp3) is 0.364. The minimum Gasteiger partial charge on any atom is -0.481 e. The molecule has 9 heteroatoms. The lowest BCUT2D eigenvalue weighted by Crippen LogP contribution is -2.16. The summed E-state index contributed by atoms with van der Waals surface area (Å²) in [7, 11) is -4.39. The maximum Gasteiger partial charge on any atom is 0.357 e. The maximum absolute atomic E-state index is 10.9. The Morgan fingerprint density at radius 2 is 2.20 bits per heavy atom. The van der Waals surface area contributed by atoms with Crippen molar-refractivity contribution < 1.29 is 27.6 Å². The summed E-state index contributed by atoms with van der Waals surface area (Å²) in [6.07, 6.45) is -0.521. The molecule has 5 N–H and O–H groups in total. The van der Waals surface area contributed by atoms with E-state index in [0.717, 1.165) is 0 Å². The second kappa shape index (κ2) is 5.37. The van der Waals surface area contributed by atoms with E-state index in [1.807, 2.05) is 4.72 Å². The summed E-state index contributed by atoms with van der Waals surface area (Å²) >= 11 is 0. The Morgan fingerprint density at radius 3 is 2.70 bits per heavy atom. The molecule has 1 saturated heterocycles. The van der Waals surface area contributed by atoms with Gasteiger partial charge < -0.3 is 15.6 Å². The molecule has 1 aliphatic heterocycles. The molecule has 0 aliphatic carbocycles. The lowest BCUT2D eigenvalue weighted by molar-refractivity contribution is -0.137. The van der Waals surface area contributed by atoms with Crippen LogP contribution in [-0.2, 0) is 19.8 Å². The van der Waals surface area contributed by atoms with Gasteiger partial charge in [-0.15, -0.1) is 0 Å². The molecule has 2 unspecified atom stereocenters. The van der Waals surface area contributed by atoms with E-state index >= 15 is 0 Å². The number of hydrogen-bond acceptors (Lipinski definition) is 5. The first-order valence-corrected chi connectivity index (χ1v) is 7.18. The Morgan fingerprint density at radius 1 is 1.55 bits per heavy atom. The van der Waals surface area contributed by atoms with E-state index in [2.05, 4.69) is 0 Å². The second-order valence-electron chi connectivity index (χ2n) is 4.45. The van der Waals surface area contributed by atoms with E-state index in [4.69, 9.17) is 20.1 Å². The molecule has 2 rings (SSSR count). The van der Waals surface area contributed by atoms with Crippen molar-refractivity contribution in [3.8, 4) is 0 Å². The average molecular weight is 302 g/mol. The Bertz CT molecular complexity index is 626. The quantitative estimate of drug-likeness (QED) is 0.441. The van der Waals surface area contributed by atoms with Crippen LogP contribution in [0.15, 0.2) is 18.2 Å². The zero-order valence-electron chi connectivity index (χ0n) is 10.3. The Hall–Kier alpha value is -1.68. The third-order valence-electron chi connectivity index (χ3n) is 2.82. The van der Waals surface area contributed by atoms with Gasteiger partial charge in [-0.2, -0.15) is 8.42 Å². The van der Waals surface area contributed by atoms with Crippen LogP contribution in [0.5, 0.6) is 0 Å². The second-order valence-corrected chi connectivity index (χ2v) is 5.60. The number of carbonyl (C=O) groups is 1. The highest BCUT2D eigenvalue weighted by Crippen LogP contribution is 2.37. The molecule has 1 heterocycles. The van der Waals surface area contributed by atoms with Gasteiger partial charge in [0, 0.05) is 11.6 Å². The molecule has 0 bridgehead atoms. The molecule has 0 spiro atoms. The molecule has 2 atom stereocenters. The summed E-state index contributed by atoms with van der Waals surface area (Å²) < 4.78 is 37.6. The maximum atomic E-state index is 10.9. The predicted octanol–water partition coefficient (Wildman–Crippen LogP) is 0.447. The van der Waals surface area contributed by atoms with Crippen LogP contribution in [0.3, 0.4) is 0 Å². The number of ether oxygens (including phenoxy) is 1. The predicted molar refractivity (Wildman–Crippen MR) is 69.5 cm³/mol. The van der Waals surface area contributed by atoms with Gasteiger partial charge in [0.05, 0.1) is 18.7 Å². The fourth-order valence-electron chi connectivity index (χ4n) is 1.84. The highest BCUT2D eigenvalue weighted by atomic mass is 32.2. The highest BCUT2D eigenvalue weighted by Gasteiger charge is 2.29. The molecule has 1 aliphatic rings. The van der Waals surface area contributed by atoms with E-state index in [9.17, 15) is 13.2 Å². The molecule has 110 valence electrons. The van der Waals surface area contributed by atoms with Crippen LogP contribution in [0, 0.1) is 0 Å². The molecular formula is C11H14N2O6S. The van der Waals surface area contributed by atoms with Gasteiger partial charge in [0.2, 0.25) is 0 Å². The van der Waals surface area contributed by atoms with Crippen LogP contribution in [0.25, 0.3) is 0 Å². The number of carboxylic acid groups (broad SMARTS) is 1. The summed E-state index contributed by atoms with van der Waals surface area (Å²) in [6, 6.07) is 3.80. The van der Waals surface area contributed by atoms with E-state index in [1.165, 1.54) is 12.1 Å².